The molecular formula is C39H67ClO4. The number of hydrogen-bond donors (Lipinski definition) is 0. The summed E-state index contributed by atoms with van der Waals surface area (Å²) in [5.74, 6) is -1.83. The standard InChI is InChI=1S/C39H67ClO4/c1-3-5-7-9-11-13-15-17-19-21-23-25-27-29-31-33-38(41)43-35-37(40)36-44-39(42)34-32-30-28-26-24-22-20-18-16-14-12-10-8-6-4-2/h11-14,17-20,37H,3-10,15-16,21-36H2,1-2H3/b13-11-,14-12-,19-17-,20-18-/i35D2,36D2,37D. The van der Waals surface area contributed by atoms with Crippen molar-refractivity contribution in [3.05, 3.63) is 48.6 Å². The summed E-state index contributed by atoms with van der Waals surface area (Å²) in [5.41, 5.74) is 0. The Morgan fingerprint density at radius 1 is 0.545 bits per heavy atom. The molecule has 0 heterocycles. The third-order valence-corrected chi connectivity index (χ3v) is 7.33. The summed E-state index contributed by atoms with van der Waals surface area (Å²) in [4.78, 5) is 24.6. The zero-order valence-electron chi connectivity index (χ0n) is 33.1. The molecule has 0 saturated carbocycles. The van der Waals surface area contributed by atoms with Crippen LogP contribution in [-0.2, 0) is 19.1 Å². The van der Waals surface area contributed by atoms with E-state index in [1.54, 1.807) is 0 Å². The summed E-state index contributed by atoms with van der Waals surface area (Å²) in [6.45, 7) is -2.05. The Balaban J connectivity index is 4.17. The van der Waals surface area contributed by atoms with Crippen molar-refractivity contribution < 1.29 is 25.9 Å². The fourth-order valence-electron chi connectivity index (χ4n) is 4.49. The van der Waals surface area contributed by atoms with Gasteiger partial charge in [-0.05, 0) is 77.0 Å². The minimum Gasteiger partial charge on any atom is -0.464 e. The van der Waals surface area contributed by atoms with Crippen molar-refractivity contribution >= 4 is 23.5 Å². The highest BCUT2D eigenvalue weighted by molar-refractivity contribution is 6.21. The topological polar surface area (TPSA) is 52.6 Å². The van der Waals surface area contributed by atoms with Gasteiger partial charge in [0.05, 0.1) is 6.85 Å². The molecule has 0 spiro atoms. The second-order valence-electron chi connectivity index (χ2n) is 11.4. The van der Waals surface area contributed by atoms with Crippen molar-refractivity contribution in [1.29, 1.82) is 0 Å². The normalized spacial score (nSPS) is 14.7. The molecule has 4 nitrogen and oxygen atoms in total. The second kappa shape index (κ2) is 35.7. The van der Waals surface area contributed by atoms with Crippen molar-refractivity contribution in [2.45, 2.75) is 173 Å². The van der Waals surface area contributed by atoms with E-state index in [2.05, 4.69) is 62.5 Å². The monoisotopic (exact) mass is 640 g/mol. The zero-order chi connectivity index (χ0) is 36.7. The highest BCUT2D eigenvalue weighted by Crippen LogP contribution is 2.11. The molecule has 0 rings (SSSR count). The van der Waals surface area contributed by atoms with Gasteiger partial charge in [-0.2, -0.15) is 0 Å². The Labute approximate surface area is 284 Å². The Morgan fingerprint density at radius 2 is 0.864 bits per heavy atom. The number of allylic oxidation sites excluding steroid dienone is 8. The number of halogens is 1. The summed E-state index contributed by atoms with van der Waals surface area (Å²) in [6.07, 6.45) is 39.8. The van der Waals surface area contributed by atoms with E-state index in [0.29, 0.717) is 12.8 Å². The Bertz CT molecular complexity index is 889. The molecule has 0 atom stereocenters. The van der Waals surface area contributed by atoms with Crippen LogP contribution in [0, 0.1) is 0 Å². The molecule has 5 heteroatoms. The average molecular weight is 640 g/mol. The van der Waals surface area contributed by atoms with Gasteiger partial charge in [-0.15, -0.1) is 11.6 Å². The molecule has 0 aromatic heterocycles. The van der Waals surface area contributed by atoms with Crippen LogP contribution in [0.15, 0.2) is 48.6 Å². The maximum Gasteiger partial charge on any atom is 0.305 e. The van der Waals surface area contributed by atoms with Gasteiger partial charge in [0.2, 0.25) is 0 Å². The van der Waals surface area contributed by atoms with E-state index in [-0.39, 0.29) is 12.8 Å². The van der Waals surface area contributed by atoms with Crippen LogP contribution in [0.2, 0.25) is 0 Å². The Morgan fingerprint density at radius 3 is 1.23 bits per heavy atom. The number of carbonyl (C=O) groups excluding carboxylic acids is 2. The molecular weight excluding hydrogens is 568 g/mol. The molecule has 0 saturated heterocycles. The molecule has 0 fully saturated rings. The maximum atomic E-state index is 12.3. The first kappa shape index (κ1) is 33.6. The van der Waals surface area contributed by atoms with Crippen LogP contribution in [0.1, 0.15) is 175 Å². The van der Waals surface area contributed by atoms with Crippen LogP contribution >= 0.6 is 11.6 Å². The van der Waals surface area contributed by atoms with Crippen LogP contribution in [0.25, 0.3) is 0 Å². The van der Waals surface area contributed by atoms with Gasteiger partial charge < -0.3 is 9.47 Å². The van der Waals surface area contributed by atoms with Gasteiger partial charge in [0, 0.05) is 12.8 Å². The van der Waals surface area contributed by atoms with Crippen molar-refractivity contribution in [3.8, 4) is 0 Å². The van der Waals surface area contributed by atoms with E-state index in [9.17, 15) is 9.59 Å². The minimum atomic E-state index is -3.23. The van der Waals surface area contributed by atoms with Crippen LogP contribution in [0.5, 0.6) is 0 Å². The molecule has 0 unspecified atom stereocenters. The first-order chi connectivity index (χ1) is 23.4. The highest BCUT2D eigenvalue weighted by Gasteiger charge is 2.12. The van der Waals surface area contributed by atoms with Crippen molar-refractivity contribution in [1.82, 2.24) is 0 Å². The largest absolute Gasteiger partial charge is 0.464 e. The molecule has 44 heavy (non-hydrogen) atoms. The van der Waals surface area contributed by atoms with Crippen molar-refractivity contribution in [2.24, 2.45) is 0 Å². The number of hydrogen-bond acceptors (Lipinski definition) is 4. The van der Waals surface area contributed by atoms with E-state index in [4.69, 9.17) is 27.9 Å². The van der Waals surface area contributed by atoms with Gasteiger partial charge in [0.15, 0.2) is 0 Å². The number of rotatable bonds is 32. The van der Waals surface area contributed by atoms with Gasteiger partial charge in [0.25, 0.3) is 0 Å². The fraction of sp³-hybridized carbons (Fsp3) is 0.744. The van der Waals surface area contributed by atoms with Gasteiger partial charge in [-0.3, -0.25) is 9.59 Å². The first-order valence-electron chi connectivity index (χ1n) is 20.1. The molecule has 0 bridgehead atoms. The third-order valence-electron chi connectivity index (χ3n) is 7.17. The van der Waals surface area contributed by atoms with E-state index < -0.39 is 30.4 Å². The fourth-order valence-corrected chi connectivity index (χ4v) is 4.57. The smallest absolute Gasteiger partial charge is 0.305 e. The third kappa shape index (κ3) is 34.7. The summed E-state index contributed by atoms with van der Waals surface area (Å²) in [5, 5.41) is -3.19. The lowest BCUT2D eigenvalue weighted by Gasteiger charge is -2.11. The first-order valence-corrected chi connectivity index (χ1v) is 18.0. The van der Waals surface area contributed by atoms with Crippen LogP contribution in [0.4, 0.5) is 0 Å². The molecule has 254 valence electrons. The molecule has 0 amide bonds. The van der Waals surface area contributed by atoms with E-state index >= 15 is 0 Å². The molecule has 0 aromatic rings. The predicted octanol–water partition coefficient (Wildman–Crippen LogP) is 12.3. The van der Waals surface area contributed by atoms with Crippen LogP contribution in [0.3, 0.4) is 0 Å². The van der Waals surface area contributed by atoms with Crippen molar-refractivity contribution in [2.75, 3.05) is 13.1 Å². The Hall–Kier alpha value is -1.81. The van der Waals surface area contributed by atoms with Gasteiger partial charge in [0.1, 0.15) is 18.5 Å². The number of alkyl halides is 1. The quantitative estimate of drug-likeness (QED) is 0.0318. The van der Waals surface area contributed by atoms with Crippen LogP contribution < -0.4 is 0 Å². The maximum absolute atomic E-state index is 12.3. The van der Waals surface area contributed by atoms with Gasteiger partial charge in [-0.1, -0.05) is 127 Å². The lowest BCUT2D eigenvalue weighted by molar-refractivity contribution is -0.146. The summed E-state index contributed by atoms with van der Waals surface area (Å²) >= 11 is 5.95. The number of esters is 2. The van der Waals surface area contributed by atoms with E-state index in [1.165, 1.54) is 38.5 Å². The molecule has 0 aliphatic carbocycles. The van der Waals surface area contributed by atoms with E-state index in [1.807, 2.05) is 0 Å². The lowest BCUT2D eigenvalue weighted by atomic mass is 10.1. The Kier molecular flexibility index (Phi) is 27.2. The summed E-state index contributed by atoms with van der Waals surface area (Å²) < 4.78 is 49.9. The van der Waals surface area contributed by atoms with E-state index in [0.717, 1.165) is 89.9 Å². The second-order valence-corrected chi connectivity index (χ2v) is 11.8. The SMILES string of the molecule is [2H]C([2H])(OC(=O)CCCCCCC/C=C\C/C=C\CCCCC)C([2H])(Cl)C([2H])([2H])OC(=O)CCCCCCC/C=C\C/C=C\CCCCC. The zero-order valence-corrected chi connectivity index (χ0v) is 28.9. The number of ether oxygens (including phenoxy) is 2. The van der Waals surface area contributed by atoms with Crippen molar-refractivity contribution in [3.63, 3.8) is 0 Å². The highest BCUT2D eigenvalue weighted by atomic mass is 35.5. The number of unbranched alkanes of at least 4 members (excludes halogenated alkanes) is 16. The minimum absolute atomic E-state index is 0.0768. The average Bonchev–Trinajstić information content (AvgIpc) is 3.04. The van der Waals surface area contributed by atoms with Crippen LogP contribution in [-0.4, -0.2) is 30.4 Å². The molecule has 0 N–H and O–H groups in total. The predicted molar refractivity (Wildman–Crippen MR) is 190 cm³/mol. The number of carbonyl (C=O) groups is 2. The lowest BCUT2D eigenvalue weighted by Crippen LogP contribution is -2.21. The van der Waals surface area contributed by atoms with Gasteiger partial charge in [-0.25, -0.2) is 0 Å². The molecule has 0 aliphatic heterocycles. The van der Waals surface area contributed by atoms with Gasteiger partial charge >= 0.3 is 11.9 Å². The summed E-state index contributed by atoms with van der Waals surface area (Å²) in [7, 11) is 0. The molecule has 0 radical (unpaired) electrons. The molecule has 0 aromatic carbocycles. The molecule has 0 aliphatic rings. The summed E-state index contributed by atoms with van der Waals surface area (Å²) in [6, 6.07) is 0.